The number of rotatable bonds is 11. The van der Waals surface area contributed by atoms with Gasteiger partial charge in [0.2, 0.25) is 0 Å². The van der Waals surface area contributed by atoms with Crippen molar-refractivity contribution in [2.45, 2.75) is 65.9 Å². The molecule has 0 bridgehead atoms. The number of ether oxygens (including phenoxy) is 2. The van der Waals surface area contributed by atoms with Gasteiger partial charge in [-0.3, -0.25) is 4.79 Å². The number of nitrogens with zero attached hydrogens (tertiary/aromatic N) is 1. The first-order valence-electron chi connectivity index (χ1n) is 9.48. The molecule has 1 N–H and O–H groups in total. The number of nitrogens with one attached hydrogen (secondary N) is 1. The SMILES string of the molecule is CCCC[C@@](C)(OCCC)C(=O)Nc1ccc(OCC(C)C)cc1C#N. The number of amides is 1. The van der Waals surface area contributed by atoms with E-state index >= 15 is 0 Å². The van der Waals surface area contributed by atoms with Gasteiger partial charge in [-0.2, -0.15) is 5.26 Å². The van der Waals surface area contributed by atoms with Crippen molar-refractivity contribution in [3.63, 3.8) is 0 Å². The Kier molecular flexibility index (Phi) is 9.15. The largest absolute Gasteiger partial charge is 0.493 e. The van der Waals surface area contributed by atoms with E-state index < -0.39 is 5.60 Å². The number of benzene rings is 1. The molecule has 0 aliphatic rings. The highest BCUT2D eigenvalue weighted by Crippen LogP contribution is 2.26. The first kappa shape index (κ1) is 22.0. The molecule has 0 saturated carbocycles. The number of carbonyl (C=O) groups excluding carboxylic acids is 1. The summed E-state index contributed by atoms with van der Waals surface area (Å²) in [4.78, 5) is 12.8. The molecule has 1 rings (SSSR count). The van der Waals surface area contributed by atoms with Crippen LogP contribution in [-0.4, -0.2) is 24.7 Å². The van der Waals surface area contributed by atoms with Crippen LogP contribution in [0.5, 0.6) is 5.75 Å². The molecule has 0 spiro atoms. The van der Waals surface area contributed by atoms with Crippen LogP contribution in [0.25, 0.3) is 0 Å². The molecule has 0 radical (unpaired) electrons. The molecule has 0 saturated heterocycles. The predicted octanol–water partition coefficient (Wildman–Crippen LogP) is 4.91. The van der Waals surface area contributed by atoms with Gasteiger partial charge < -0.3 is 14.8 Å². The molecule has 144 valence electrons. The number of hydrogen-bond acceptors (Lipinski definition) is 4. The Hall–Kier alpha value is -2.06. The van der Waals surface area contributed by atoms with E-state index in [9.17, 15) is 10.1 Å². The van der Waals surface area contributed by atoms with Crippen molar-refractivity contribution in [1.29, 1.82) is 5.26 Å². The zero-order valence-electron chi connectivity index (χ0n) is 16.7. The highest BCUT2D eigenvalue weighted by molar-refractivity contribution is 5.98. The first-order chi connectivity index (χ1) is 12.4. The summed E-state index contributed by atoms with van der Waals surface area (Å²) in [5, 5.41) is 12.3. The predicted molar refractivity (Wildman–Crippen MR) is 104 cm³/mol. The lowest BCUT2D eigenvalue weighted by Gasteiger charge is -2.29. The van der Waals surface area contributed by atoms with Crippen LogP contribution in [0.15, 0.2) is 18.2 Å². The van der Waals surface area contributed by atoms with E-state index in [0.29, 0.717) is 42.6 Å². The molecular formula is C21H32N2O3. The van der Waals surface area contributed by atoms with Crippen LogP contribution in [0.2, 0.25) is 0 Å². The minimum Gasteiger partial charge on any atom is -0.493 e. The van der Waals surface area contributed by atoms with Gasteiger partial charge in [0, 0.05) is 6.61 Å². The van der Waals surface area contributed by atoms with E-state index in [4.69, 9.17) is 9.47 Å². The van der Waals surface area contributed by atoms with Gasteiger partial charge in [-0.1, -0.05) is 40.5 Å². The van der Waals surface area contributed by atoms with Crippen molar-refractivity contribution >= 4 is 11.6 Å². The third kappa shape index (κ3) is 6.68. The summed E-state index contributed by atoms with van der Waals surface area (Å²) in [6.45, 7) is 11.2. The van der Waals surface area contributed by atoms with E-state index in [2.05, 4.69) is 32.2 Å². The Labute approximate surface area is 157 Å². The minimum atomic E-state index is -0.897. The van der Waals surface area contributed by atoms with Gasteiger partial charge in [0.1, 0.15) is 17.4 Å². The second-order valence-corrected chi connectivity index (χ2v) is 7.16. The Morgan fingerprint density at radius 1 is 1.31 bits per heavy atom. The number of carbonyl (C=O) groups is 1. The monoisotopic (exact) mass is 360 g/mol. The number of anilines is 1. The molecule has 0 fully saturated rings. The second-order valence-electron chi connectivity index (χ2n) is 7.16. The zero-order chi connectivity index (χ0) is 19.6. The highest BCUT2D eigenvalue weighted by atomic mass is 16.5. The number of hydrogen-bond donors (Lipinski definition) is 1. The van der Waals surface area contributed by atoms with Crippen molar-refractivity contribution in [3.8, 4) is 11.8 Å². The molecule has 5 heteroatoms. The summed E-state index contributed by atoms with van der Waals surface area (Å²) in [6.07, 6.45) is 3.39. The molecule has 26 heavy (non-hydrogen) atoms. The summed E-state index contributed by atoms with van der Waals surface area (Å²) in [7, 11) is 0. The van der Waals surface area contributed by atoms with Crippen molar-refractivity contribution in [2.75, 3.05) is 18.5 Å². The molecule has 0 aromatic heterocycles. The molecule has 1 aromatic carbocycles. The molecule has 1 amide bonds. The van der Waals surface area contributed by atoms with Gasteiger partial charge in [0.05, 0.1) is 17.9 Å². The maximum atomic E-state index is 12.8. The van der Waals surface area contributed by atoms with E-state index in [1.807, 2.05) is 13.8 Å². The van der Waals surface area contributed by atoms with Crippen molar-refractivity contribution in [3.05, 3.63) is 23.8 Å². The summed E-state index contributed by atoms with van der Waals surface area (Å²) in [6, 6.07) is 7.28. The van der Waals surface area contributed by atoms with Crippen LogP contribution in [0.1, 0.15) is 65.9 Å². The average molecular weight is 360 g/mol. The maximum Gasteiger partial charge on any atom is 0.256 e. The summed E-state index contributed by atoms with van der Waals surface area (Å²) in [5.41, 5.74) is -0.0314. The quantitative estimate of drug-likeness (QED) is 0.609. The zero-order valence-corrected chi connectivity index (χ0v) is 16.7. The minimum absolute atomic E-state index is 0.216. The summed E-state index contributed by atoms with van der Waals surface area (Å²) >= 11 is 0. The number of nitriles is 1. The summed E-state index contributed by atoms with van der Waals surface area (Å²) < 4.78 is 11.5. The lowest BCUT2D eigenvalue weighted by molar-refractivity contribution is -0.140. The first-order valence-corrected chi connectivity index (χ1v) is 9.48. The molecule has 0 aliphatic carbocycles. The van der Waals surface area contributed by atoms with Crippen LogP contribution in [0.4, 0.5) is 5.69 Å². The Morgan fingerprint density at radius 3 is 2.62 bits per heavy atom. The van der Waals surface area contributed by atoms with E-state index in [0.717, 1.165) is 19.3 Å². The van der Waals surface area contributed by atoms with Crippen molar-refractivity contribution < 1.29 is 14.3 Å². The van der Waals surface area contributed by atoms with Gasteiger partial charge in [0.15, 0.2) is 0 Å². The van der Waals surface area contributed by atoms with Crippen LogP contribution in [0, 0.1) is 17.2 Å². The Bertz CT molecular complexity index is 612. The molecule has 0 heterocycles. The van der Waals surface area contributed by atoms with Crippen molar-refractivity contribution in [1.82, 2.24) is 0 Å². The van der Waals surface area contributed by atoms with Gasteiger partial charge in [-0.15, -0.1) is 0 Å². The van der Waals surface area contributed by atoms with Gasteiger partial charge in [0.25, 0.3) is 5.91 Å². The van der Waals surface area contributed by atoms with Crippen LogP contribution < -0.4 is 10.1 Å². The average Bonchev–Trinajstić information content (AvgIpc) is 2.63. The van der Waals surface area contributed by atoms with Crippen molar-refractivity contribution in [2.24, 2.45) is 5.92 Å². The van der Waals surface area contributed by atoms with Crippen LogP contribution >= 0.6 is 0 Å². The second kappa shape index (κ2) is 10.8. The van der Waals surface area contributed by atoms with Gasteiger partial charge >= 0.3 is 0 Å². The lowest BCUT2D eigenvalue weighted by Crippen LogP contribution is -2.43. The fourth-order valence-electron chi connectivity index (χ4n) is 2.42. The van der Waals surface area contributed by atoms with E-state index in [1.54, 1.807) is 18.2 Å². The van der Waals surface area contributed by atoms with Gasteiger partial charge in [-0.25, -0.2) is 0 Å². The van der Waals surface area contributed by atoms with E-state index in [-0.39, 0.29) is 5.91 Å². The fraction of sp³-hybridized carbons (Fsp3) is 0.619. The van der Waals surface area contributed by atoms with Gasteiger partial charge in [-0.05, 0) is 43.9 Å². The third-order valence-corrected chi connectivity index (χ3v) is 4.06. The molecule has 1 aromatic rings. The topological polar surface area (TPSA) is 71.3 Å². The lowest BCUT2D eigenvalue weighted by atomic mass is 9.97. The molecule has 1 atom stereocenters. The maximum absolute atomic E-state index is 12.8. The number of unbranched alkanes of at least 4 members (excludes halogenated alkanes) is 1. The molecular weight excluding hydrogens is 328 g/mol. The third-order valence-electron chi connectivity index (χ3n) is 4.06. The highest BCUT2D eigenvalue weighted by Gasteiger charge is 2.33. The smallest absolute Gasteiger partial charge is 0.256 e. The Balaban J connectivity index is 2.93. The molecule has 0 unspecified atom stereocenters. The Morgan fingerprint density at radius 2 is 2.04 bits per heavy atom. The van der Waals surface area contributed by atoms with E-state index in [1.165, 1.54) is 0 Å². The molecule has 5 nitrogen and oxygen atoms in total. The van der Waals surface area contributed by atoms with Crippen LogP contribution in [0.3, 0.4) is 0 Å². The summed E-state index contributed by atoms with van der Waals surface area (Å²) in [5.74, 6) is 0.811. The molecule has 0 aliphatic heterocycles. The van der Waals surface area contributed by atoms with Crippen LogP contribution in [-0.2, 0) is 9.53 Å². The fourth-order valence-corrected chi connectivity index (χ4v) is 2.42. The normalized spacial score (nSPS) is 13.1. The standard InChI is InChI=1S/C21H32N2O3/c1-6-8-11-21(5,26-12-7-2)20(24)23-19-10-9-18(13-17(19)14-22)25-15-16(3)4/h9-10,13,16H,6-8,11-12,15H2,1-5H3,(H,23,24)/t21-/m1/s1.